The first-order chi connectivity index (χ1) is 5.11. The van der Waals surface area contributed by atoms with Gasteiger partial charge in [-0.2, -0.15) is 0 Å². The Kier molecular flexibility index (Phi) is 2.14. The molecular formula is C7H13N3O. The summed E-state index contributed by atoms with van der Waals surface area (Å²) < 4.78 is 1.78. The molecule has 11 heavy (non-hydrogen) atoms. The fourth-order valence-electron chi connectivity index (χ4n) is 0.988. The van der Waals surface area contributed by atoms with E-state index in [1.54, 1.807) is 17.7 Å². The largest absolute Gasteiger partial charge is 0.392 e. The van der Waals surface area contributed by atoms with Crippen LogP contribution >= 0.6 is 0 Å². The van der Waals surface area contributed by atoms with Gasteiger partial charge in [-0.15, -0.1) is 0 Å². The molecule has 0 saturated heterocycles. The summed E-state index contributed by atoms with van der Waals surface area (Å²) in [7, 11) is 0. The molecule has 0 amide bonds. The molecule has 1 unspecified atom stereocenters. The van der Waals surface area contributed by atoms with E-state index in [2.05, 4.69) is 4.98 Å². The zero-order valence-electron chi connectivity index (χ0n) is 6.78. The minimum Gasteiger partial charge on any atom is -0.392 e. The van der Waals surface area contributed by atoms with Crippen molar-refractivity contribution in [2.24, 2.45) is 0 Å². The summed E-state index contributed by atoms with van der Waals surface area (Å²) in [4.78, 5) is 4.00. The molecule has 1 aromatic rings. The molecule has 1 heterocycles. The SMILES string of the molecule is Cc1ncc(N)n1CC(C)O. The molecule has 0 aliphatic heterocycles. The molecule has 1 aromatic heterocycles. The second-order valence-electron chi connectivity index (χ2n) is 2.69. The van der Waals surface area contributed by atoms with E-state index in [1.165, 1.54) is 0 Å². The number of nitrogen functional groups attached to an aromatic ring is 1. The Balaban J connectivity index is 2.83. The second-order valence-corrected chi connectivity index (χ2v) is 2.69. The van der Waals surface area contributed by atoms with Gasteiger partial charge in [-0.25, -0.2) is 4.98 Å². The molecule has 1 atom stereocenters. The molecule has 1 rings (SSSR count). The van der Waals surface area contributed by atoms with Crippen LogP contribution in [-0.2, 0) is 6.54 Å². The highest BCUT2D eigenvalue weighted by atomic mass is 16.3. The Morgan fingerprint density at radius 3 is 2.82 bits per heavy atom. The number of imidazole rings is 1. The van der Waals surface area contributed by atoms with Crippen molar-refractivity contribution in [2.45, 2.75) is 26.5 Å². The van der Waals surface area contributed by atoms with Crippen molar-refractivity contribution in [3.05, 3.63) is 12.0 Å². The van der Waals surface area contributed by atoms with Crippen LogP contribution in [0, 0.1) is 6.92 Å². The fourth-order valence-corrected chi connectivity index (χ4v) is 0.988. The third-order valence-electron chi connectivity index (χ3n) is 1.53. The Hall–Kier alpha value is -1.03. The average Bonchev–Trinajstić information content (AvgIpc) is 2.18. The van der Waals surface area contributed by atoms with Crippen molar-refractivity contribution in [1.82, 2.24) is 9.55 Å². The maximum absolute atomic E-state index is 9.07. The number of aryl methyl sites for hydroxylation is 1. The molecule has 0 aliphatic rings. The summed E-state index contributed by atoms with van der Waals surface area (Å²) in [6.07, 6.45) is 1.21. The first-order valence-electron chi connectivity index (χ1n) is 3.57. The molecule has 0 radical (unpaired) electrons. The lowest BCUT2D eigenvalue weighted by Gasteiger charge is -2.08. The molecule has 4 nitrogen and oxygen atoms in total. The van der Waals surface area contributed by atoms with Crippen molar-refractivity contribution in [2.75, 3.05) is 5.73 Å². The molecule has 0 bridgehead atoms. The third-order valence-corrected chi connectivity index (χ3v) is 1.53. The Morgan fingerprint density at radius 1 is 1.82 bits per heavy atom. The van der Waals surface area contributed by atoms with E-state index in [4.69, 9.17) is 10.8 Å². The number of rotatable bonds is 2. The van der Waals surface area contributed by atoms with Gasteiger partial charge in [0.05, 0.1) is 18.8 Å². The summed E-state index contributed by atoms with van der Waals surface area (Å²) in [5.41, 5.74) is 5.58. The molecule has 3 N–H and O–H groups in total. The smallest absolute Gasteiger partial charge is 0.123 e. The lowest BCUT2D eigenvalue weighted by atomic mass is 10.4. The van der Waals surface area contributed by atoms with Gasteiger partial charge in [-0.1, -0.05) is 0 Å². The standard InChI is InChI=1S/C7H13N3O/c1-5(11)4-10-6(2)9-3-7(10)8/h3,5,11H,4,8H2,1-2H3. The number of aliphatic hydroxyl groups excluding tert-OH is 1. The summed E-state index contributed by atoms with van der Waals surface area (Å²) in [5, 5.41) is 9.07. The van der Waals surface area contributed by atoms with Gasteiger partial charge >= 0.3 is 0 Å². The Labute approximate surface area is 65.7 Å². The van der Waals surface area contributed by atoms with Crippen LogP contribution in [-0.4, -0.2) is 20.8 Å². The first kappa shape index (κ1) is 8.07. The van der Waals surface area contributed by atoms with Gasteiger partial charge < -0.3 is 15.4 Å². The van der Waals surface area contributed by atoms with E-state index in [1.807, 2.05) is 6.92 Å². The van der Waals surface area contributed by atoms with Crippen molar-refractivity contribution < 1.29 is 5.11 Å². The van der Waals surface area contributed by atoms with E-state index >= 15 is 0 Å². The molecular weight excluding hydrogens is 142 g/mol. The molecule has 0 fully saturated rings. The van der Waals surface area contributed by atoms with E-state index in [-0.39, 0.29) is 6.10 Å². The normalized spacial score (nSPS) is 13.4. The van der Waals surface area contributed by atoms with Gasteiger partial charge in [0, 0.05) is 0 Å². The van der Waals surface area contributed by atoms with Gasteiger partial charge in [0.2, 0.25) is 0 Å². The number of aromatic nitrogens is 2. The number of hydrogen-bond donors (Lipinski definition) is 2. The fraction of sp³-hybridized carbons (Fsp3) is 0.571. The predicted molar refractivity (Wildman–Crippen MR) is 43.1 cm³/mol. The maximum Gasteiger partial charge on any atom is 0.123 e. The van der Waals surface area contributed by atoms with Gasteiger partial charge in [-0.3, -0.25) is 0 Å². The van der Waals surface area contributed by atoms with Gasteiger partial charge in [0.15, 0.2) is 0 Å². The lowest BCUT2D eigenvalue weighted by molar-refractivity contribution is 0.173. The van der Waals surface area contributed by atoms with E-state index in [9.17, 15) is 0 Å². The first-order valence-corrected chi connectivity index (χ1v) is 3.57. The van der Waals surface area contributed by atoms with Crippen molar-refractivity contribution >= 4 is 5.82 Å². The van der Waals surface area contributed by atoms with Crippen LogP contribution in [0.2, 0.25) is 0 Å². The van der Waals surface area contributed by atoms with Crippen LogP contribution in [0.4, 0.5) is 5.82 Å². The van der Waals surface area contributed by atoms with Crippen LogP contribution in [0.15, 0.2) is 6.20 Å². The van der Waals surface area contributed by atoms with Gasteiger partial charge in [0.1, 0.15) is 11.6 Å². The Morgan fingerprint density at radius 2 is 2.45 bits per heavy atom. The minimum atomic E-state index is -0.384. The summed E-state index contributed by atoms with van der Waals surface area (Å²) in [6, 6.07) is 0. The van der Waals surface area contributed by atoms with Crippen LogP contribution in [0.1, 0.15) is 12.7 Å². The van der Waals surface area contributed by atoms with E-state index in [0.717, 1.165) is 5.82 Å². The van der Waals surface area contributed by atoms with Crippen molar-refractivity contribution in [1.29, 1.82) is 0 Å². The molecule has 0 aliphatic carbocycles. The van der Waals surface area contributed by atoms with Gasteiger partial charge in [0.25, 0.3) is 0 Å². The number of anilines is 1. The number of nitrogens with two attached hydrogens (primary N) is 1. The summed E-state index contributed by atoms with van der Waals surface area (Å²) in [5.74, 6) is 1.44. The maximum atomic E-state index is 9.07. The van der Waals surface area contributed by atoms with Crippen LogP contribution < -0.4 is 5.73 Å². The predicted octanol–water partition coefficient (Wildman–Crippen LogP) is 0.155. The summed E-state index contributed by atoms with van der Waals surface area (Å²) in [6.45, 7) is 4.09. The van der Waals surface area contributed by atoms with Crippen LogP contribution in [0.5, 0.6) is 0 Å². The number of hydrogen-bond acceptors (Lipinski definition) is 3. The summed E-state index contributed by atoms with van der Waals surface area (Å²) >= 11 is 0. The third kappa shape index (κ3) is 1.71. The van der Waals surface area contributed by atoms with Crippen LogP contribution in [0.25, 0.3) is 0 Å². The Bertz CT molecular complexity index is 222. The highest BCUT2D eigenvalue weighted by Gasteiger charge is 2.04. The molecule has 0 aromatic carbocycles. The highest BCUT2D eigenvalue weighted by molar-refractivity contribution is 5.27. The number of aliphatic hydroxyl groups is 1. The van der Waals surface area contributed by atoms with Crippen LogP contribution in [0.3, 0.4) is 0 Å². The monoisotopic (exact) mass is 155 g/mol. The van der Waals surface area contributed by atoms with Gasteiger partial charge in [-0.05, 0) is 13.8 Å². The zero-order valence-corrected chi connectivity index (χ0v) is 6.78. The highest BCUT2D eigenvalue weighted by Crippen LogP contribution is 2.06. The molecule has 62 valence electrons. The van der Waals surface area contributed by atoms with Crippen molar-refractivity contribution in [3.63, 3.8) is 0 Å². The number of nitrogens with zero attached hydrogens (tertiary/aromatic N) is 2. The topological polar surface area (TPSA) is 64.1 Å². The molecule has 0 saturated carbocycles. The minimum absolute atomic E-state index is 0.384. The second kappa shape index (κ2) is 2.92. The van der Waals surface area contributed by atoms with Crippen molar-refractivity contribution in [3.8, 4) is 0 Å². The lowest BCUT2D eigenvalue weighted by Crippen LogP contribution is -2.14. The molecule has 4 heteroatoms. The van der Waals surface area contributed by atoms with E-state index in [0.29, 0.717) is 12.4 Å². The average molecular weight is 155 g/mol. The quantitative estimate of drug-likeness (QED) is 0.639. The molecule has 0 spiro atoms. The zero-order chi connectivity index (χ0) is 8.43. The van der Waals surface area contributed by atoms with E-state index < -0.39 is 0 Å².